The SMILES string of the molecule is CC(Oc1ccccc1)C(=O)OC1CC2CCC(C1)N2C.O=C(O)/C=C\C(=O)O. The first-order chi connectivity index (χ1) is 13.8. The molecule has 2 aliphatic heterocycles. The van der Waals surface area contributed by atoms with Crippen LogP contribution in [0.1, 0.15) is 32.6 Å². The Balaban J connectivity index is 0.000000321. The fraction of sp³-hybridized carbons (Fsp3) is 0.476. The van der Waals surface area contributed by atoms with Gasteiger partial charge in [0, 0.05) is 24.2 Å². The fourth-order valence-electron chi connectivity index (χ4n) is 3.61. The summed E-state index contributed by atoms with van der Waals surface area (Å²) in [6, 6.07) is 10.5. The molecule has 2 bridgehead atoms. The quantitative estimate of drug-likeness (QED) is 0.548. The number of carbonyl (C=O) groups excluding carboxylic acids is 1. The van der Waals surface area contributed by atoms with Crippen LogP contribution < -0.4 is 4.74 Å². The molecule has 2 fully saturated rings. The van der Waals surface area contributed by atoms with E-state index in [0.717, 1.165) is 12.8 Å². The van der Waals surface area contributed by atoms with E-state index in [9.17, 15) is 14.4 Å². The predicted octanol–water partition coefficient (Wildman–Crippen LogP) is 2.33. The van der Waals surface area contributed by atoms with Crippen molar-refractivity contribution in [1.82, 2.24) is 4.90 Å². The van der Waals surface area contributed by atoms with Crippen molar-refractivity contribution >= 4 is 17.9 Å². The maximum absolute atomic E-state index is 12.2. The summed E-state index contributed by atoms with van der Waals surface area (Å²) >= 11 is 0. The minimum absolute atomic E-state index is 0.0491. The summed E-state index contributed by atoms with van der Waals surface area (Å²) in [7, 11) is 2.18. The van der Waals surface area contributed by atoms with Crippen molar-refractivity contribution in [2.24, 2.45) is 0 Å². The molecule has 3 atom stereocenters. The highest BCUT2D eigenvalue weighted by Gasteiger charge is 2.40. The third-order valence-electron chi connectivity index (χ3n) is 5.09. The van der Waals surface area contributed by atoms with Gasteiger partial charge < -0.3 is 24.6 Å². The highest BCUT2D eigenvalue weighted by atomic mass is 16.6. The van der Waals surface area contributed by atoms with Gasteiger partial charge in [0.1, 0.15) is 11.9 Å². The molecule has 0 saturated carbocycles. The lowest BCUT2D eigenvalue weighted by Gasteiger charge is -2.36. The van der Waals surface area contributed by atoms with E-state index in [0.29, 0.717) is 30.0 Å². The first-order valence-electron chi connectivity index (χ1n) is 9.54. The second kappa shape index (κ2) is 10.6. The topological polar surface area (TPSA) is 113 Å². The number of para-hydroxylation sites is 1. The van der Waals surface area contributed by atoms with Gasteiger partial charge in [-0.2, -0.15) is 0 Å². The van der Waals surface area contributed by atoms with Crippen LogP contribution >= 0.6 is 0 Å². The molecule has 3 unspecified atom stereocenters. The van der Waals surface area contributed by atoms with Gasteiger partial charge in [-0.3, -0.25) is 0 Å². The number of fused-ring (bicyclic) bond motifs is 2. The largest absolute Gasteiger partial charge is 0.479 e. The molecule has 8 nitrogen and oxygen atoms in total. The molecule has 8 heteroatoms. The molecule has 2 aliphatic rings. The second-order valence-electron chi connectivity index (χ2n) is 7.16. The maximum Gasteiger partial charge on any atom is 0.347 e. The number of rotatable bonds is 6. The van der Waals surface area contributed by atoms with Crippen molar-refractivity contribution in [3.8, 4) is 5.75 Å². The predicted molar refractivity (Wildman–Crippen MR) is 105 cm³/mol. The fourth-order valence-corrected chi connectivity index (χ4v) is 3.61. The molecule has 0 spiro atoms. The summed E-state index contributed by atoms with van der Waals surface area (Å²) in [6.07, 6.45) is 4.96. The number of carboxylic acid groups (broad SMARTS) is 2. The van der Waals surface area contributed by atoms with E-state index in [1.54, 1.807) is 6.92 Å². The Bertz CT molecular complexity index is 704. The van der Waals surface area contributed by atoms with Gasteiger partial charge in [-0.1, -0.05) is 18.2 Å². The summed E-state index contributed by atoms with van der Waals surface area (Å²) in [5.41, 5.74) is 0. The monoisotopic (exact) mass is 405 g/mol. The second-order valence-corrected chi connectivity index (χ2v) is 7.16. The zero-order valence-electron chi connectivity index (χ0n) is 16.6. The Morgan fingerprint density at radius 1 is 1.03 bits per heavy atom. The van der Waals surface area contributed by atoms with Crippen LogP contribution in [0, 0.1) is 0 Å². The Hall–Kier alpha value is -2.87. The van der Waals surface area contributed by atoms with Crippen molar-refractivity contribution < 1.29 is 34.1 Å². The number of esters is 1. The third-order valence-corrected chi connectivity index (χ3v) is 5.09. The van der Waals surface area contributed by atoms with E-state index >= 15 is 0 Å². The van der Waals surface area contributed by atoms with Crippen LogP contribution in [0.15, 0.2) is 42.5 Å². The van der Waals surface area contributed by atoms with Gasteiger partial charge in [-0.05, 0) is 51.8 Å². The standard InChI is InChI=1S/C17H23NO3.C4H4O4/c1-12(20-15-6-4-3-5-7-15)17(19)21-16-10-13-8-9-14(11-16)18(13)2;5-3(6)1-2-4(7)8/h3-7,12-14,16H,8-11H2,1-2H3;1-2H,(H,5,6)(H,7,8)/b;2-1-. The normalized spacial score (nSPS) is 24.3. The van der Waals surface area contributed by atoms with Gasteiger partial charge in [0.2, 0.25) is 0 Å². The molecule has 29 heavy (non-hydrogen) atoms. The van der Waals surface area contributed by atoms with Crippen molar-refractivity contribution in [2.75, 3.05) is 7.05 Å². The van der Waals surface area contributed by atoms with Crippen molar-refractivity contribution in [3.05, 3.63) is 42.5 Å². The summed E-state index contributed by atoms with van der Waals surface area (Å²) in [5.74, 6) is -2.07. The highest BCUT2D eigenvalue weighted by Crippen LogP contribution is 2.35. The molecule has 1 aromatic rings. The lowest BCUT2D eigenvalue weighted by atomic mass is 10.0. The molecule has 158 valence electrons. The van der Waals surface area contributed by atoms with E-state index in [1.165, 1.54) is 12.8 Å². The Kier molecular flexibility index (Phi) is 8.21. The van der Waals surface area contributed by atoms with E-state index in [1.807, 2.05) is 30.3 Å². The van der Waals surface area contributed by atoms with Gasteiger partial charge in [0.15, 0.2) is 6.10 Å². The zero-order chi connectivity index (χ0) is 21.4. The number of carbonyl (C=O) groups is 3. The molecular formula is C21H27NO7. The van der Waals surface area contributed by atoms with Gasteiger partial charge in [-0.25, -0.2) is 14.4 Å². The van der Waals surface area contributed by atoms with Crippen LogP contribution in [-0.2, 0) is 19.1 Å². The number of carboxylic acids is 2. The van der Waals surface area contributed by atoms with E-state index in [2.05, 4.69) is 11.9 Å². The van der Waals surface area contributed by atoms with Crippen LogP contribution in [0.2, 0.25) is 0 Å². The number of aliphatic carboxylic acids is 2. The minimum Gasteiger partial charge on any atom is -0.479 e. The van der Waals surface area contributed by atoms with E-state index in [-0.39, 0.29) is 12.1 Å². The summed E-state index contributed by atoms with van der Waals surface area (Å²) in [6.45, 7) is 1.75. The number of nitrogens with zero attached hydrogens (tertiary/aromatic N) is 1. The third kappa shape index (κ3) is 7.23. The lowest BCUT2D eigenvalue weighted by molar-refractivity contribution is -0.160. The average molecular weight is 405 g/mol. The van der Waals surface area contributed by atoms with Crippen LogP contribution in [0.3, 0.4) is 0 Å². The van der Waals surface area contributed by atoms with Gasteiger partial charge >= 0.3 is 17.9 Å². The van der Waals surface area contributed by atoms with Gasteiger partial charge in [0.25, 0.3) is 0 Å². The van der Waals surface area contributed by atoms with Gasteiger partial charge in [-0.15, -0.1) is 0 Å². The number of benzene rings is 1. The first-order valence-corrected chi connectivity index (χ1v) is 9.54. The number of piperidine rings is 1. The van der Waals surface area contributed by atoms with Crippen molar-refractivity contribution in [1.29, 1.82) is 0 Å². The molecule has 3 rings (SSSR count). The van der Waals surface area contributed by atoms with Gasteiger partial charge in [0.05, 0.1) is 0 Å². The van der Waals surface area contributed by atoms with Crippen LogP contribution in [0.4, 0.5) is 0 Å². The first kappa shape index (κ1) is 22.4. The Labute approximate surface area is 169 Å². The summed E-state index contributed by atoms with van der Waals surface area (Å²) in [5, 5.41) is 15.6. The molecule has 0 amide bonds. The van der Waals surface area contributed by atoms with Crippen molar-refractivity contribution in [2.45, 2.75) is 56.9 Å². The minimum atomic E-state index is -1.26. The van der Waals surface area contributed by atoms with E-state index < -0.39 is 18.0 Å². The number of hydrogen-bond acceptors (Lipinski definition) is 6. The van der Waals surface area contributed by atoms with E-state index in [4.69, 9.17) is 19.7 Å². The summed E-state index contributed by atoms with van der Waals surface area (Å²) in [4.78, 5) is 33.7. The molecule has 0 aromatic heterocycles. The number of hydrogen-bond donors (Lipinski definition) is 2. The highest BCUT2D eigenvalue weighted by molar-refractivity contribution is 5.89. The zero-order valence-corrected chi connectivity index (χ0v) is 16.6. The van der Waals surface area contributed by atoms with Crippen LogP contribution in [-0.4, -0.2) is 64.4 Å². The van der Waals surface area contributed by atoms with Crippen LogP contribution in [0.25, 0.3) is 0 Å². The molecule has 2 saturated heterocycles. The molecule has 0 radical (unpaired) electrons. The molecule has 0 aliphatic carbocycles. The summed E-state index contributed by atoms with van der Waals surface area (Å²) < 4.78 is 11.3. The Morgan fingerprint density at radius 2 is 1.55 bits per heavy atom. The molecule has 1 aromatic carbocycles. The smallest absolute Gasteiger partial charge is 0.347 e. The molecular weight excluding hydrogens is 378 g/mol. The van der Waals surface area contributed by atoms with Crippen molar-refractivity contribution in [3.63, 3.8) is 0 Å². The molecule has 2 N–H and O–H groups in total. The van der Waals surface area contributed by atoms with Crippen LogP contribution in [0.5, 0.6) is 5.75 Å². The molecule has 2 heterocycles. The lowest BCUT2D eigenvalue weighted by Crippen LogP contribution is -2.44. The maximum atomic E-state index is 12.2. The number of ether oxygens (including phenoxy) is 2. The average Bonchev–Trinajstić information content (AvgIpc) is 2.89. The Morgan fingerprint density at radius 3 is 2.03 bits per heavy atom.